The Morgan fingerprint density at radius 3 is 2.19 bits per heavy atom. The lowest BCUT2D eigenvalue weighted by Crippen LogP contribution is -2.46. The van der Waals surface area contributed by atoms with Crippen LogP contribution in [0, 0.1) is 0 Å². The lowest BCUT2D eigenvalue weighted by Gasteiger charge is -2.35. The van der Waals surface area contributed by atoms with Gasteiger partial charge in [0.25, 0.3) is 0 Å². The van der Waals surface area contributed by atoms with Crippen LogP contribution in [-0.4, -0.2) is 76.7 Å². The summed E-state index contributed by atoms with van der Waals surface area (Å²) in [6.07, 6.45) is 0.511. The molecule has 1 heterocycles. The second-order valence-electron chi connectivity index (χ2n) is 7.52. The van der Waals surface area contributed by atoms with Gasteiger partial charge >= 0.3 is 0 Å². The van der Waals surface area contributed by atoms with Crippen LogP contribution in [0.25, 0.3) is 0 Å². The van der Waals surface area contributed by atoms with E-state index in [1.54, 1.807) is 34.5 Å². The third-order valence-electron chi connectivity index (χ3n) is 5.69. The van der Waals surface area contributed by atoms with E-state index in [0.29, 0.717) is 35.0 Å². The van der Waals surface area contributed by atoms with Gasteiger partial charge in [0.2, 0.25) is 5.75 Å². The molecule has 0 aliphatic carbocycles. The molecule has 2 aromatic rings. The van der Waals surface area contributed by atoms with Crippen LogP contribution in [0.1, 0.15) is 22.3 Å². The van der Waals surface area contributed by atoms with Crippen molar-refractivity contribution >= 4 is 5.78 Å². The van der Waals surface area contributed by atoms with Crippen LogP contribution in [0.5, 0.6) is 23.0 Å². The van der Waals surface area contributed by atoms with E-state index in [2.05, 4.69) is 9.80 Å². The maximum Gasteiger partial charge on any atom is 0.203 e. The maximum atomic E-state index is 12.5. The van der Waals surface area contributed by atoms with Crippen LogP contribution >= 0.6 is 0 Å². The number of ether oxygens (including phenoxy) is 4. The monoisotopic (exact) mass is 428 g/mol. The van der Waals surface area contributed by atoms with Gasteiger partial charge in [0.05, 0.1) is 28.4 Å². The molecule has 31 heavy (non-hydrogen) atoms. The second-order valence-corrected chi connectivity index (χ2v) is 7.52. The molecule has 1 fully saturated rings. The Bertz CT molecular complexity index is 878. The van der Waals surface area contributed by atoms with E-state index in [1.165, 1.54) is 0 Å². The molecular weight excluding hydrogens is 396 g/mol. The van der Waals surface area contributed by atoms with E-state index >= 15 is 0 Å². The van der Waals surface area contributed by atoms with Crippen molar-refractivity contribution in [1.29, 1.82) is 0 Å². The number of rotatable bonds is 10. The number of ketones is 1. The highest BCUT2D eigenvalue weighted by atomic mass is 16.5. The van der Waals surface area contributed by atoms with E-state index in [-0.39, 0.29) is 5.78 Å². The summed E-state index contributed by atoms with van der Waals surface area (Å²) in [5, 5.41) is 0. The zero-order valence-electron chi connectivity index (χ0n) is 18.8. The number of piperazine rings is 1. The maximum absolute atomic E-state index is 12.5. The normalized spacial score (nSPS) is 14.8. The fourth-order valence-electron chi connectivity index (χ4n) is 3.90. The molecular formula is C24H32N2O5. The van der Waals surface area contributed by atoms with Crippen molar-refractivity contribution in [2.24, 2.45) is 0 Å². The fourth-order valence-corrected chi connectivity index (χ4v) is 3.90. The molecule has 2 aromatic carbocycles. The topological polar surface area (TPSA) is 60.5 Å². The number of methoxy groups -OCH3 is 4. The molecule has 0 spiro atoms. The summed E-state index contributed by atoms with van der Waals surface area (Å²) in [5.41, 5.74) is 1.78. The van der Waals surface area contributed by atoms with Crippen LogP contribution in [0.15, 0.2) is 36.4 Å². The highest BCUT2D eigenvalue weighted by Crippen LogP contribution is 2.40. The predicted molar refractivity (Wildman–Crippen MR) is 120 cm³/mol. The van der Waals surface area contributed by atoms with Crippen LogP contribution in [-0.2, 0) is 6.54 Å². The summed E-state index contributed by atoms with van der Waals surface area (Å²) in [4.78, 5) is 17.3. The van der Waals surface area contributed by atoms with E-state index in [0.717, 1.165) is 44.8 Å². The highest BCUT2D eigenvalue weighted by molar-refractivity contribution is 5.96. The Hall–Kier alpha value is -2.77. The Balaban J connectivity index is 1.51. The number of benzene rings is 2. The fraction of sp³-hybridized carbons (Fsp3) is 0.458. The first kappa shape index (κ1) is 22.9. The van der Waals surface area contributed by atoms with Crippen molar-refractivity contribution in [3.8, 4) is 23.0 Å². The summed E-state index contributed by atoms with van der Waals surface area (Å²) in [5.74, 6) is 2.86. The van der Waals surface area contributed by atoms with Gasteiger partial charge in [-0.1, -0.05) is 18.2 Å². The first-order chi connectivity index (χ1) is 15.1. The Morgan fingerprint density at radius 1 is 0.839 bits per heavy atom. The van der Waals surface area contributed by atoms with Crippen LogP contribution in [0.4, 0.5) is 0 Å². The zero-order chi connectivity index (χ0) is 22.2. The van der Waals surface area contributed by atoms with Crippen molar-refractivity contribution in [2.75, 3.05) is 61.2 Å². The quantitative estimate of drug-likeness (QED) is 0.539. The minimum Gasteiger partial charge on any atom is -0.497 e. The largest absolute Gasteiger partial charge is 0.497 e. The number of hydrogen-bond acceptors (Lipinski definition) is 7. The smallest absolute Gasteiger partial charge is 0.203 e. The van der Waals surface area contributed by atoms with Gasteiger partial charge in [0.15, 0.2) is 17.3 Å². The average molecular weight is 429 g/mol. The molecule has 1 aliphatic rings. The predicted octanol–water partition coefficient (Wildman–Crippen LogP) is 3.11. The SMILES string of the molecule is COc1cccc(C(=O)CCN2CCN(Cc3ccc(OC)c(OC)c3OC)CC2)c1. The van der Waals surface area contributed by atoms with Crippen molar-refractivity contribution in [1.82, 2.24) is 9.80 Å². The number of nitrogens with zero attached hydrogens (tertiary/aromatic N) is 2. The summed E-state index contributed by atoms with van der Waals surface area (Å²) in [6.45, 7) is 5.28. The van der Waals surface area contributed by atoms with Gasteiger partial charge in [-0.3, -0.25) is 9.69 Å². The molecule has 7 nitrogen and oxygen atoms in total. The minimum atomic E-state index is 0.149. The second kappa shape index (κ2) is 11.0. The first-order valence-corrected chi connectivity index (χ1v) is 10.5. The Kier molecular flexibility index (Phi) is 8.14. The molecule has 0 radical (unpaired) electrons. The molecule has 7 heteroatoms. The summed E-state index contributed by atoms with van der Waals surface area (Å²) in [7, 11) is 6.50. The van der Waals surface area contributed by atoms with E-state index < -0.39 is 0 Å². The van der Waals surface area contributed by atoms with Gasteiger partial charge in [-0.2, -0.15) is 0 Å². The molecule has 0 unspecified atom stereocenters. The standard InChI is InChI=1S/C24H32N2O5/c1-28-20-7-5-6-18(16-20)21(27)10-11-25-12-14-26(15-13-25)17-19-8-9-22(29-2)24(31-4)23(19)30-3/h5-9,16H,10-15,17H2,1-4H3. The van der Waals surface area contributed by atoms with Crippen molar-refractivity contribution in [3.05, 3.63) is 47.5 Å². The highest BCUT2D eigenvalue weighted by Gasteiger charge is 2.21. The Morgan fingerprint density at radius 2 is 1.55 bits per heavy atom. The van der Waals surface area contributed by atoms with Gasteiger partial charge in [0, 0.05) is 56.8 Å². The number of carbonyl (C=O) groups is 1. The summed E-state index contributed by atoms with van der Waals surface area (Å²) in [6, 6.07) is 11.3. The van der Waals surface area contributed by atoms with Crippen LogP contribution < -0.4 is 18.9 Å². The van der Waals surface area contributed by atoms with E-state index in [9.17, 15) is 4.79 Å². The molecule has 0 amide bonds. The van der Waals surface area contributed by atoms with E-state index in [4.69, 9.17) is 18.9 Å². The van der Waals surface area contributed by atoms with Gasteiger partial charge in [0.1, 0.15) is 5.75 Å². The van der Waals surface area contributed by atoms with E-state index in [1.807, 2.05) is 30.3 Å². The molecule has 0 bridgehead atoms. The average Bonchev–Trinajstić information content (AvgIpc) is 2.82. The molecule has 0 aromatic heterocycles. The van der Waals surface area contributed by atoms with Crippen LogP contribution in [0.2, 0.25) is 0 Å². The molecule has 1 saturated heterocycles. The lowest BCUT2D eigenvalue weighted by atomic mass is 10.1. The van der Waals surface area contributed by atoms with Crippen molar-refractivity contribution in [2.45, 2.75) is 13.0 Å². The van der Waals surface area contributed by atoms with Gasteiger partial charge < -0.3 is 23.8 Å². The zero-order valence-corrected chi connectivity index (χ0v) is 18.8. The number of hydrogen-bond donors (Lipinski definition) is 0. The minimum absolute atomic E-state index is 0.149. The van der Waals surface area contributed by atoms with Gasteiger partial charge in [-0.25, -0.2) is 0 Å². The molecule has 3 rings (SSSR count). The van der Waals surface area contributed by atoms with Gasteiger partial charge in [-0.05, 0) is 18.2 Å². The van der Waals surface area contributed by atoms with Crippen LogP contribution in [0.3, 0.4) is 0 Å². The molecule has 168 valence electrons. The number of carbonyl (C=O) groups excluding carboxylic acids is 1. The summed E-state index contributed by atoms with van der Waals surface area (Å²) >= 11 is 0. The molecule has 0 saturated carbocycles. The third kappa shape index (κ3) is 5.68. The van der Waals surface area contributed by atoms with Crippen molar-refractivity contribution in [3.63, 3.8) is 0 Å². The molecule has 1 aliphatic heterocycles. The van der Waals surface area contributed by atoms with Crippen molar-refractivity contribution < 1.29 is 23.7 Å². The molecule has 0 atom stereocenters. The number of Topliss-reactive ketones (excluding diaryl/α,β-unsaturated/α-hetero) is 1. The van der Waals surface area contributed by atoms with Gasteiger partial charge in [-0.15, -0.1) is 0 Å². The molecule has 0 N–H and O–H groups in total. The Labute approximate surface area is 184 Å². The first-order valence-electron chi connectivity index (χ1n) is 10.5. The summed E-state index contributed by atoms with van der Waals surface area (Å²) < 4.78 is 21.7. The third-order valence-corrected chi connectivity index (χ3v) is 5.69. The lowest BCUT2D eigenvalue weighted by molar-refractivity contribution is 0.0921.